The van der Waals surface area contributed by atoms with Gasteiger partial charge in [0.05, 0.1) is 16.5 Å². The molecule has 1 aromatic rings. The van der Waals surface area contributed by atoms with Crippen LogP contribution in [0.25, 0.3) is 0 Å². The van der Waals surface area contributed by atoms with Crippen LogP contribution in [0.4, 0.5) is 11.4 Å². The van der Waals surface area contributed by atoms with E-state index in [1.165, 1.54) is 4.31 Å². The maximum atomic E-state index is 11.6. The van der Waals surface area contributed by atoms with Crippen LogP contribution < -0.4 is 10.0 Å². The van der Waals surface area contributed by atoms with E-state index in [4.69, 9.17) is 17.3 Å². The molecular weight excluding hydrogens is 236 g/mol. The van der Waals surface area contributed by atoms with Gasteiger partial charge in [0.1, 0.15) is 0 Å². The summed E-state index contributed by atoms with van der Waals surface area (Å²) in [7, 11) is -3.17. The lowest BCUT2D eigenvalue weighted by atomic mass is 10.3. The van der Waals surface area contributed by atoms with Gasteiger partial charge in [-0.2, -0.15) is 0 Å². The summed E-state index contributed by atoms with van der Waals surface area (Å²) < 4.78 is 24.6. The summed E-state index contributed by atoms with van der Waals surface area (Å²) in [6.07, 6.45) is 0.642. The standard InChI is InChI=1S/C9H11ClN2O2S/c10-8-6-7(11)2-3-9(8)12-4-1-5-15(12,13)14/h2-3,6H,1,4-5,11H2. The van der Waals surface area contributed by atoms with E-state index in [2.05, 4.69) is 0 Å². The monoisotopic (exact) mass is 246 g/mol. The molecule has 0 amide bonds. The predicted octanol–water partition coefficient (Wildman–Crippen LogP) is 1.46. The van der Waals surface area contributed by atoms with Crippen molar-refractivity contribution in [1.29, 1.82) is 0 Å². The first kappa shape index (κ1) is 10.6. The van der Waals surface area contributed by atoms with Crippen LogP contribution in [0.3, 0.4) is 0 Å². The van der Waals surface area contributed by atoms with Crippen molar-refractivity contribution in [2.45, 2.75) is 6.42 Å². The molecule has 4 nitrogen and oxygen atoms in total. The summed E-state index contributed by atoms with van der Waals surface area (Å²) in [5.41, 5.74) is 6.59. The summed E-state index contributed by atoms with van der Waals surface area (Å²) in [5.74, 6) is 0.188. The van der Waals surface area contributed by atoms with Crippen molar-refractivity contribution in [2.75, 3.05) is 22.3 Å². The maximum Gasteiger partial charge on any atom is 0.235 e. The van der Waals surface area contributed by atoms with E-state index < -0.39 is 10.0 Å². The first-order chi connectivity index (χ1) is 7.00. The van der Waals surface area contributed by atoms with Crippen LogP contribution in [-0.4, -0.2) is 20.7 Å². The molecule has 0 aliphatic carbocycles. The summed E-state index contributed by atoms with van der Waals surface area (Å²) in [6, 6.07) is 4.85. The first-order valence-electron chi connectivity index (χ1n) is 4.56. The Hall–Kier alpha value is -0.940. The summed E-state index contributed by atoms with van der Waals surface area (Å²) in [6.45, 7) is 0.492. The lowest BCUT2D eigenvalue weighted by Gasteiger charge is -2.18. The third kappa shape index (κ3) is 1.89. The zero-order chi connectivity index (χ0) is 11.1. The maximum absolute atomic E-state index is 11.6. The van der Waals surface area contributed by atoms with E-state index in [1.54, 1.807) is 18.2 Å². The molecule has 0 atom stereocenters. The molecule has 1 heterocycles. The molecule has 0 spiro atoms. The van der Waals surface area contributed by atoms with Crippen LogP contribution >= 0.6 is 11.6 Å². The molecule has 1 saturated heterocycles. The Morgan fingerprint density at radius 3 is 2.67 bits per heavy atom. The Morgan fingerprint density at radius 2 is 2.13 bits per heavy atom. The van der Waals surface area contributed by atoms with Gasteiger partial charge in [-0.05, 0) is 24.6 Å². The van der Waals surface area contributed by atoms with Crippen LogP contribution in [0, 0.1) is 0 Å². The molecule has 15 heavy (non-hydrogen) atoms. The Morgan fingerprint density at radius 1 is 1.40 bits per heavy atom. The zero-order valence-electron chi connectivity index (χ0n) is 7.98. The Bertz CT molecular complexity index is 487. The third-order valence-electron chi connectivity index (χ3n) is 2.34. The number of nitrogens with two attached hydrogens (primary N) is 1. The molecule has 1 aliphatic rings. The average Bonchev–Trinajstić information content (AvgIpc) is 2.46. The number of halogens is 1. The third-order valence-corrected chi connectivity index (χ3v) is 4.50. The molecule has 0 bridgehead atoms. The van der Waals surface area contributed by atoms with Crippen LogP contribution in [0.2, 0.25) is 5.02 Å². The number of nitrogen functional groups attached to an aromatic ring is 1. The molecule has 2 rings (SSSR count). The largest absolute Gasteiger partial charge is 0.399 e. The van der Waals surface area contributed by atoms with E-state index in [0.29, 0.717) is 29.4 Å². The van der Waals surface area contributed by atoms with Gasteiger partial charge in [0.15, 0.2) is 0 Å². The topological polar surface area (TPSA) is 63.4 Å². The van der Waals surface area contributed by atoms with Crippen molar-refractivity contribution in [3.8, 4) is 0 Å². The van der Waals surface area contributed by atoms with E-state index in [0.717, 1.165) is 0 Å². The smallest absolute Gasteiger partial charge is 0.235 e. The van der Waals surface area contributed by atoms with Crippen molar-refractivity contribution in [3.05, 3.63) is 23.2 Å². The molecule has 0 aromatic heterocycles. The normalized spacial score (nSPS) is 19.4. The van der Waals surface area contributed by atoms with Gasteiger partial charge in [-0.3, -0.25) is 4.31 Å². The van der Waals surface area contributed by atoms with Gasteiger partial charge in [-0.1, -0.05) is 11.6 Å². The fourth-order valence-corrected chi connectivity index (χ4v) is 3.56. The molecule has 0 radical (unpaired) electrons. The number of sulfonamides is 1. The molecule has 1 aromatic carbocycles. The number of hydrogen-bond acceptors (Lipinski definition) is 3. The van der Waals surface area contributed by atoms with Crippen molar-refractivity contribution in [3.63, 3.8) is 0 Å². The fourth-order valence-electron chi connectivity index (χ4n) is 1.64. The SMILES string of the molecule is Nc1ccc(N2CCCS2(=O)=O)c(Cl)c1. The minimum atomic E-state index is -3.17. The number of anilines is 2. The summed E-state index contributed by atoms with van der Waals surface area (Å²) in [5, 5.41) is 0.375. The van der Waals surface area contributed by atoms with Gasteiger partial charge < -0.3 is 5.73 Å². The number of benzene rings is 1. The highest BCUT2D eigenvalue weighted by molar-refractivity contribution is 7.93. The number of nitrogens with zero attached hydrogens (tertiary/aromatic N) is 1. The fraction of sp³-hybridized carbons (Fsp3) is 0.333. The van der Waals surface area contributed by atoms with Gasteiger partial charge >= 0.3 is 0 Å². The first-order valence-corrected chi connectivity index (χ1v) is 6.55. The van der Waals surface area contributed by atoms with Crippen LogP contribution in [-0.2, 0) is 10.0 Å². The van der Waals surface area contributed by atoms with Gasteiger partial charge in [0.25, 0.3) is 0 Å². The van der Waals surface area contributed by atoms with Gasteiger partial charge in [-0.25, -0.2) is 8.42 Å². The lowest BCUT2D eigenvalue weighted by molar-refractivity contribution is 0.599. The minimum Gasteiger partial charge on any atom is -0.399 e. The van der Waals surface area contributed by atoms with Gasteiger partial charge in [-0.15, -0.1) is 0 Å². The van der Waals surface area contributed by atoms with E-state index in [1.807, 2.05) is 0 Å². The molecule has 0 unspecified atom stereocenters. The molecular formula is C9H11ClN2O2S. The molecule has 1 fully saturated rings. The molecule has 0 saturated carbocycles. The highest BCUT2D eigenvalue weighted by Gasteiger charge is 2.29. The van der Waals surface area contributed by atoms with Crippen molar-refractivity contribution >= 4 is 33.0 Å². The van der Waals surface area contributed by atoms with Crippen molar-refractivity contribution < 1.29 is 8.42 Å². The Balaban J connectivity index is 2.46. The Kier molecular flexibility index (Phi) is 2.52. The van der Waals surface area contributed by atoms with Gasteiger partial charge in [0.2, 0.25) is 10.0 Å². The van der Waals surface area contributed by atoms with Crippen molar-refractivity contribution in [2.24, 2.45) is 0 Å². The second-order valence-corrected chi connectivity index (χ2v) is 5.87. The summed E-state index contributed by atoms with van der Waals surface area (Å²) in [4.78, 5) is 0. The molecule has 1 aliphatic heterocycles. The van der Waals surface area contributed by atoms with Crippen LogP contribution in [0.1, 0.15) is 6.42 Å². The van der Waals surface area contributed by atoms with Crippen LogP contribution in [0.5, 0.6) is 0 Å². The molecule has 82 valence electrons. The lowest BCUT2D eigenvalue weighted by Crippen LogP contribution is -2.25. The second kappa shape index (κ2) is 3.57. The van der Waals surface area contributed by atoms with Crippen LogP contribution in [0.15, 0.2) is 18.2 Å². The average molecular weight is 247 g/mol. The second-order valence-electron chi connectivity index (χ2n) is 3.45. The number of hydrogen-bond donors (Lipinski definition) is 1. The molecule has 6 heteroatoms. The number of rotatable bonds is 1. The minimum absolute atomic E-state index is 0.188. The highest BCUT2D eigenvalue weighted by Crippen LogP contribution is 2.32. The Labute approximate surface area is 93.7 Å². The van der Waals surface area contributed by atoms with Crippen molar-refractivity contribution in [1.82, 2.24) is 0 Å². The zero-order valence-corrected chi connectivity index (χ0v) is 9.55. The predicted molar refractivity (Wildman–Crippen MR) is 61.6 cm³/mol. The quantitative estimate of drug-likeness (QED) is 0.763. The van der Waals surface area contributed by atoms with E-state index in [-0.39, 0.29) is 5.75 Å². The highest BCUT2D eigenvalue weighted by atomic mass is 35.5. The molecule has 2 N–H and O–H groups in total. The van der Waals surface area contributed by atoms with E-state index >= 15 is 0 Å². The van der Waals surface area contributed by atoms with Gasteiger partial charge in [0, 0.05) is 12.2 Å². The summed E-state index contributed by atoms with van der Waals surface area (Å²) >= 11 is 5.95. The van der Waals surface area contributed by atoms with E-state index in [9.17, 15) is 8.42 Å².